The standard InChI is InChI=1S/C10H6F2O3/c11-8-3-1-6(2-4-9(14)15)10(12)7(8)5-13/h1-5H,(H,14,15). The molecule has 0 bridgehead atoms. The van der Waals surface area contributed by atoms with Crippen LogP contribution in [0.15, 0.2) is 18.2 Å². The molecule has 0 aliphatic rings. The zero-order chi connectivity index (χ0) is 11.4. The van der Waals surface area contributed by atoms with E-state index in [0.717, 1.165) is 18.2 Å². The Kier molecular flexibility index (Phi) is 3.28. The molecule has 0 fully saturated rings. The summed E-state index contributed by atoms with van der Waals surface area (Å²) in [4.78, 5) is 20.5. The topological polar surface area (TPSA) is 54.4 Å². The smallest absolute Gasteiger partial charge is 0.328 e. The molecule has 3 nitrogen and oxygen atoms in total. The summed E-state index contributed by atoms with van der Waals surface area (Å²) in [6.45, 7) is 0. The van der Waals surface area contributed by atoms with Crippen molar-refractivity contribution < 1.29 is 23.5 Å². The fourth-order valence-corrected chi connectivity index (χ4v) is 0.984. The molecule has 5 heteroatoms. The normalized spacial score (nSPS) is 10.5. The summed E-state index contributed by atoms with van der Waals surface area (Å²) in [6, 6.07) is 1.95. The lowest BCUT2D eigenvalue weighted by Crippen LogP contribution is -1.96. The Morgan fingerprint density at radius 3 is 2.53 bits per heavy atom. The van der Waals surface area contributed by atoms with Gasteiger partial charge in [-0.1, -0.05) is 0 Å². The summed E-state index contributed by atoms with van der Waals surface area (Å²) in [5.41, 5.74) is -0.858. The van der Waals surface area contributed by atoms with Crippen LogP contribution in [0.1, 0.15) is 15.9 Å². The molecule has 0 aliphatic heterocycles. The van der Waals surface area contributed by atoms with Gasteiger partial charge in [-0.05, 0) is 18.2 Å². The SMILES string of the molecule is O=Cc1c(F)ccc(C=CC(=O)O)c1F. The molecule has 0 spiro atoms. The Bertz CT molecular complexity index is 439. The van der Waals surface area contributed by atoms with E-state index in [4.69, 9.17) is 5.11 Å². The van der Waals surface area contributed by atoms with Crippen molar-refractivity contribution in [3.05, 3.63) is 41.0 Å². The van der Waals surface area contributed by atoms with E-state index in [-0.39, 0.29) is 11.8 Å². The van der Waals surface area contributed by atoms with Crippen molar-refractivity contribution in [3.63, 3.8) is 0 Å². The molecular formula is C10H6F2O3. The Morgan fingerprint density at radius 2 is 2.00 bits per heavy atom. The first kappa shape index (κ1) is 11.0. The maximum Gasteiger partial charge on any atom is 0.328 e. The molecule has 0 radical (unpaired) electrons. The number of halogens is 2. The van der Waals surface area contributed by atoms with Crippen LogP contribution in [0, 0.1) is 11.6 Å². The van der Waals surface area contributed by atoms with Crippen molar-refractivity contribution in [2.24, 2.45) is 0 Å². The fraction of sp³-hybridized carbons (Fsp3) is 0. The summed E-state index contributed by atoms with van der Waals surface area (Å²) in [5, 5.41) is 8.29. The monoisotopic (exact) mass is 212 g/mol. The summed E-state index contributed by atoms with van der Waals surface area (Å²) in [5.74, 6) is -3.30. The first-order valence-electron chi connectivity index (χ1n) is 3.90. The number of hydrogen-bond acceptors (Lipinski definition) is 2. The van der Waals surface area contributed by atoms with Crippen LogP contribution in [0.2, 0.25) is 0 Å². The number of hydrogen-bond donors (Lipinski definition) is 1. The number of carboxylic acids is 1. The third kappa shape index (κ3) is 2.46. The quantitative estimate of drug-likeness (QED) is 0.614. The second kappa shape index (κ2) is 4.45. The molecule has 0 saturated heterocycles. The molecule has 1 N–H and O–H groups in total. The summed E-state index contributed by atoms with van der Waals surface area (Å²) in [7, 11) is 0. The second-order valence-corrected chi connectivity index (χ2v) is 2.65. The zero-order valence-corrected chi connectivity index (χ0v) is 7.41. The van der Waals surface area contributed by atoms with E-state index in [2.05, 4.69) is 0 Å². The number of aldehydes is 1. The van der Waals surface area contributed by atoms with Gasteiger partial charge in [0, 0.05) is 11.6 Å². The first-order chi connectivity index (χ1) is 7.06. The van der Waals surface area contributed by atoms with Crippen LogP contribution in [0.3, 0.4) is 0 Å². The highest BCUT2D eigenvalue weighted by Crippen LogP contribution is 2.16. The molecule has 1 aromatic carbocycles. The van der Waals surface area contributed by atoms with Crippen LogP contribution in [-0.4, -0.2) is 17.4 Å². The highest BCUT2D eigenvalue weighted by molar-refractivity contribution is 5.86. The minimum absolute atomic E-state index is 0.0444. The van der Waals surface area contributed by atoms with Crippen LogP contribution in [-0.2, 0) is 4.79 Å². The number of carboxylic acid groups (broad SMARTS) is 1. The lowest BCUT2D eigenvalue weighted by atomic mass is 10.1. The van der Waals surface area contributed by atoms with Crippen LogP contribution >= 0.6 is 0 Å². The van der Waals surface area contributed by atoms with Crippen molar-refractivity contribution >= 4 is 18.3 Å². The maximum absolute atomic E-state index is 13.3. The Hall–Kier alpha value is -2.04. The Morgan fingerprint density at radius 1 is 1.33 bits per heavy atom. The van der Waals surface area contributed by atoms with Crippen molar-refractivity contribution in [1.29, 1.82) is 0 Å². The van der Waals surface area contributed by atoms with Gasteiger partial charge in [-0.15, -0.1) is 0 Å². The minimum Gasteiger partial charge on any atom is -0.478 e. The summed E-state index contributed by atoms with van der Waals surface area (Å²) in [6.07, 6.45) is 1.69. The number of aliphatic carboxylic acids is 1. The molecular weight excluding hydrogens is 206 g/mol. The van der Waals surface area contributed by atoms with Crippen molar-refractivity contribution in [2.45, 2.75) is 0 Å². The minimum atomic E-state index is -1.26. The third-order valence-corrected chi connectivity index (χ3v) is 1.68. The number of carbonyl (C=O) groups is 2. The molecule has 1 rings (SSSR count). The number of benzene rings is 1. The van der Waals surface area contributed by atoms with E-state index in [1.807, 2.05) is 0 Å². The number of carbonyl (C=O) groups excluding carboxylic acids is 1. The molecule has 0 amide bonds. The predicted octanol–water partition coefficient (Wildman–Crippen LogP) is 1.88. The van der Waals surface area contributed by atoms with E-state index in [0.29, 0.717) is 6.08 Å². The molecule has 1 aromatic rings. The molecule has 15 heavy (non-hydrogen) atoms. The summed E-state index contributed by atoms with van der Waals surface area (Å²) >= 11 is 0. The third-order valence-electron chi connectivity index (χ3n) is 1.68. The average molecular weight is 212 g/mol. The molecule has 0 atom stereocenters. The van der Waals surface area contributed by atoms with Gasteiger partial charge in [-0.25, -0.2) is 13.6 Å². The summed E-state index contributed by atoms with van der Waals surface area (Å²) < 4.78 is 26.1. The largest absolute Gasteiger partial charge is 0.478 e. The van der Waals surface area contributed by atoms with Crippen LogP contribution in [0.5, 0.6) is 0 Å². The van der Waals surface area contributed by atoms with E-state index in [9.17, 15) is 18.4 Å². The van der Waals surface area contributed by atoms with Gasteiger partial charge in [-0.3, -0.25) is 4.79 Å². The molecule has 0 aromatic heterocycles. The van der Waals surface area contributed by atoms with E-state index < -0.39 is 23.2 Å². The van der Waals surface area contributed by atoms with Gasteiger partial charge in [0.1, 0.15) is 11.6 Å². The molecule has 0 unspecified atom stereocenters. The van der Waals surface area contributed by atoms with Crippen LogP contribution in [0.25, 0.3) is 6.08 Å². The van der Waals surface area contributed by atoms with Crippen molar-refractivity contribution in [1.82, 2.24) is 0 Å². The molecule has 0 aliphatic carbocycles. The Balaban J connectivity index is 3.21. The lowest BCUT2D eigenvalue weighted by molar-refractivity contribution is -0.131. The van der Waals surface area contributed by atoms with Crippen molar-refractivity contribution in [2.75, 3.05) is 0 Å². The van der Waals surface area contributed by atoms with Crippen molar-refractivity contribution in [3.8, 4) is 0 Å². The van der Waals surface area contributed by atoms with Gasteiger partial charge < -0.3 is 5.11 Å². The van der Waals surface area contributed by atoms with Gasteiger partial charge in [-0.2, -0.15) is 0 Å². The molecule has 78 valence electrons. The molecule has 0 heterocycles. The second-order valence-electron chi connectivity index (χ2n) is 2.65. The average Bonchev–Trinajstić information content (AvgIpc) is 2.17. The van der Waals surface area contributed by atoms with Crippen LogP contribution < -0.4 is 0 Å². The zero-order valence-electron chi connectivity index (χ0n) is 7.41. The van der Waals surface area contributed by atoms with Gasteiger partial charge in [0.25, 0.3) is 0 Å². The maximum atomic E-state index is 13.3. The first-order valence-corrected chi connectivity index (χ1v) is 3.90. The fourth-order valence-electron chi connectivity index (χ4n) is 0.984. The van der Waals surface area contributed by atoms with E-state index in [1.165, 1.54) is 0 Å². The lowest BCUT2D eigenvalue weighted by Gasteiger charge is -2.00. The number of rotatable bonds is 3. The van der Waals surface area contributed by atoms with Crippen LogP contribution in [0.4, 0.5) is 8.78 Å². The van der Waals surface area contributed by atoms with Gasteiger partial charge in [0.15, 0.2) is 6.29 Å². The van der Waals surface area contributed by atoms with Gasteiger partial charge in [0.05, 0.1) is 5.56 Å². The van der Waals surface area contributed by atoms with E-state index in [1.54, 1.807) is 0 Å². The predicted molar refractivity (Wildman–Crippen MR) is 48.4 cm³/mol. The van der Waals surface area contributed by atoms with Gasteiger partial charge >= 0.3 is 5.97 Å². The highest BCUT2D eigenvalue weighted by Gasteiger charge is 2.10. The Labute approximate surface area is 83.6 Å². The van der Waals surface area contributed by atoms with Gasteiger partial charge in [0.2, 0.25) is 0 Å². The molecule has 0 saturated carbocycles. The highest BCUT2D eigenvalue weighted by atomic mass is 19.1. The van der Waals surface area contributed by atoms with E-state index >= 15 is 0 Å².